The van der Waals surface area contributed by atoms with Gasteiger partial charge in [-0.2, -0.15) is 0 Å². The lowest BCUT2D eigenvalue weighted by Crippen LogP contribution is -2.44. The van der Waals surface area contributed by atoms with Crippen molar-refractivity contribution in [1.29, 1.82) is 0 Å². The van der Waals surface area contributed by atoms with Crippen molar-refractivity contribution < 1.29 is 28.2 Å². The van der Waals surface area contributed by atoms with Gasteiger partial charge in [0.2, 0.25) is 0 Å². The molecule has 0 saturated heterocycles. The molecule has 2 heterocycles. The number of aliphatic hydroxyl groups is 2. The number of pyridine rings is 2. The summed E-state index contributed by atoms with van der Waals surface area (Å²) in [6.07, 6.45) is 3.75. The SMILES string of the molecule is C[C@H]1C[C@@H](c2ccncc2CC(=O)c2ccc(F)c(-c3c(F)cc(C(C)(C)O)cc3F)n2)C[C@@H](N)[C@@H]1O. The van der Waals surface area contributed by atoms with Gasteiger partial charge in [-0.3, -0.25) is 9.78 Å². The van der Waals surface area contributed by atoms with Crippen LogP contribution in [-0.4, -0.2) is 38.1 Å². The number of benzene rings is 1. The molecule has 1 aliphatic rings. The summed E-state index contributed by atoms with van der Waals surface area (Å²) < 4.78 is 44.4. The molecule has 0 radical (unpaired) electrons. The lowest BCUT2D eigenvalue weighted by molar-refractivity contribution is 0.0519. The third kappa shape index (κ3) is 5.58. The highest BCUT2D eigenvalue weighted by atomic mass is 19.1. The molecule has 1 saturated carbocycles. The van der Waals surface area contributed by atoms with Crippen LogP contribution in [-0.2, 0) is 12.0 Å². The maximum atomic E-state index is 14.9. The van der Waals surface area contributed by atoms with Gasteiger partial charge in [0.25, 0.3) is 0 Å². The average Bonchev–Trinajstić information content (AvgIpc) is 2.82. The molecule has 1 aliphatic carbocycles. The molecule has 0 bridgehead atoms. The van der Waals surface area contributed by atoms with Gasteiger partial charge in [-0.1, -0.05) is 6.92 Å². The number of hydrogen-bond donors (Lipinski definition) is 3. The summed E-state index contributed by atoms with van der Waals surface area (Å²) >= 11 is 0. The molecular weight excluding hydrogens is 483 g/mol. The van der Waals surface area contributed by atoms with E-state index in [4.69, 9.17) is 5.73 Å². The fourth-order valence-electron chi connectivity index (χ4n) is 5.00. The summed E-state index contributed by atoms with van der Waals surface area (Å²) in [5.74, 6) is -3.66. The fraction of sp³-hybridized carbons (Fsp3) is 0.393. The second-order valence-electron chi connectivity index (χ2n) is 10.4. The minimum atomic E-state index is -1.51. The zero-order valence-electron chi connectivity index (χ0n) is 20.9. The molecule has 0 aliphatic heterocycles. The Morgan fingerprint density at radius 1 is 1.11 bits per heavy atom. The van der Waals surface area contributed by atoms with E-state index in [0.29, 0.717) is 18.4 Å². The monoisotopic (exact) mass is 513 g/mol. The minimum Gasteiger partial charge on any atom is -0.391 e. The van der Waals surface area contributed by atoms with E-state index in [2.05, 4.69) is 9.97 Å². The van der Waals surface area contributed by atoms with Crippen LogP contribution in [0.5, 0.6) is 0 Å². The van der Waals surface area contributed by atoms with E-state index in [-0.39, 0.29) is 35.6 Å². The Morgan fingerprint density at radius 3 is 2.41 bits per heavy atom. The quantitative estimate of drug-likeness (QED) is 0.421. The first-order valence-electron chi connectivity index (χ1n) is 12.1. The van der Waals surface area contributed by atoms with Gasteiger partial charge in [0, 0.05) is 24.9 Å². The number of carbonyl (C=O) groups excluding carboxylic acids is 1. The third-order valence-corrected chi connectivity index (χ3v) is 7.08. The normalized spacial score (nSPS) is 22.2. The molecule has 4 rings (SSSR count). The summed E-state index contributed by atoms with van der Waals surface area (Å²) in [5, 5.41) is 20.3. The molecule has 4 N–H and O–H groups in total. The lowest BCUT2D eigenvalue weighted by atomic mass is 9.74. The van der Waals surface area contributed by atoms with Crippen molar-refractivity contribution in [2.75, 3.05) is 0 Å². The van der Waals surface area contributed by atoms with Crippen molar-refractivity contribution in [2.24, 2.45) is 11.7 Å². The van der Waals surface area contributed by atoms with E-state index in [9.17, 15) is 28.2 Å². The van der Waals surface area contributed by atoms with Gasteiger partial charge in [0.1, 0.15) is 28.8 Å². The summed E-state index contributed by atoms with van der Waals surface area (Å²) in [5.41, 5.74) is 4.63. The first-order valence-corrected chi connectivity index (χ1v) is 12.1. The maximum Gasteiger partial charge on any atom is 0.185 e. The molecule has 0 spiro atoms. The first-order chi connectivity index (χ1) is 17.4. The second kappa shape index (κ2) is 10.3. The molecule has 1 fully saturated rings. The molecule has 0 amide bonds. The summed E-state index contributed by atoms with van der Waals surface area (Å²) in [6.45, 7) is 4.67. The predicted octanol–water partition coefficient (Wildman–Crippen LogP) is 4.42. The zero-order chi connectivity index (χ0) is 27.1. The Balaban J connectivity index is 1.65. The Bertz CT molecular complexity index is 1290. The molecule has 196 valence electrons. The number of carbonyl (C=O) groups is 1. The summed E-state index contributed by atoms with van der Waals surface area (Å²) in [7, 11) is 0. The number of halogens is 3. The van der Waals surface area contributed by atoms with Crippen LogP contribution in [0, 0.1) is 23.4 Å². The molecular formula is C28H30F3N3O3. The van der Waals surface area contributed by atoms with Gasteiger partial charge in [-0.15, -0.1) is 0 Å². The lowest BCUT2D eigenvalue weighted by Gasteiger charge is -2.36. The van der Waals surface area contributed by atoms with Crippen molar-refractivity contribution >= 4 is 5.78 Å². The number of nitrogens with zero attached hydrogens (tertiary/aromatic N) is 2. The maximum absolute atomic E-state index is 14.9. The van der Waals surface area contributed by atoms with E-state index < -0.39 is 46.2 Å². The van der Waals surface area contributed by atoms with E-state index >= 15 is 0 Å². The van der Waals surface area contributed by atoms with Crippen molar-refractivity contribution in [3.05, 3.63) is 82.6 Å². The molecule has 2 aromatic heterocycles. The Morgan fingerprint density at radius 2 is 1.78 bits per heavy atom. The van der Waals surface area contributed by atoms with Crippen LogP contribution >= 0.6 is 0 Å². The highest BCUT2D eigenvalue weighted by Crippen LogP contribution is 2.37. The molecule has 9 heteroatoms. The van der Waals surface area contributed by atoms with E-state index in [1.165, 1.54) is 19.9 Å². The largest absolute Gasteiger partial charge is 0.391 e. The van der Waals surface area contributed by atoms with Crippen LogP contribution in [0.3, 0.4) is 0 Å². The topological polar surface area (TPSA) is 109 Å². The highest BCUT2D eigenvalue weighted by molar-refractivity contribution is 5.96. The number of rotatable bonds is 6. The van der Waals surface area contributed by atoms with Crippen LogP contribution in [0.4, 0.5) is 13.2 Å². The minimum absolute atomic E-state index is 0.0145. The number of hydrogen-bond acceptors (Lipinski definition) is 6. The van der Waals surface area contributed by atoms with Gasteiger partial charge in [0.05, 0.1) is 17.3 Å². The third-order valence-electron chi connectivity index (χ3n) is 7.08. The van der Waals surface area contributed by atoms with Crippen LogP contribution in [0.1, 0.15) is 66.7 Å². The molecule has 4 atom stereocenters. The molecule has 1 aromatic carbocycles. The average molecular weight is 514 g/mol. The van der Waals surface area contributed by atoms with Crippen molar-refractivity contribution in [3.8, 4) is 11.3 Å². The Kier molecular flexibility index (Phi) is 7.50. The molecule has 0 unspecified atom stereocenters. The molecule has 6 nitrogen and oxygen atoms in total. The zero-order valence-corrected chi connectivity index (χ0v) is 20.9. The number of aliphatic hydroxyl groups excluding tert-OH is 1. The standard InChI is InChI=1S/C28H30F3N3O3/c1-14-8-15(9-22(32)27(14)36)18-6-7-33-13-16(18)10-24(35)23-5-4-19(29)26(34-23)25-20(30)11-17(12-21(25)31)28(2,3)37/h4-7,11-15,22,27,36-37H,8-10,32H2,1-3H3/t14-,15+,22+,27+/m0/s1. The smallest absolute Gasteiger partial charge is 0.185 e. The van der Waals surface area contributed by atoms with E-state index in [1.54, 1.807) is 12.4 Å². The highest BCUT2D eigenvalue weighted by Gasteiger charge is 2.34. The van der Waals surface area contributed by atoms with Crippen LogP contribution in [0.15, 0.2) is 42.7 Å². The van der Waals surface area contributed by atoms with Crippen LogP contribution in [0.25, 0.3) is 11.3 Å². The van der Waals surface area contributed by atoms with Crippen molar-refractivity contribution in [2.45, 2.75) is 63.7 Å². The number of aromatic nitrogens is 2. The van der Waals surface area contributed by atoms with Crippen LogP contribution < -0.4 is 5.73 Å². The van der Waals surface area contributed by atoms with Crippen molar-refractivity contribution in [1.82, 2.24) is 9.97 Å². The molecule has 3 aromatic rings. The van der Waals surface area contributed by atoms with Gasteiger partial charge in [0.15, 0.2) is 5.78 Å². The molecule has 37 heavy (non-hydrogen) atoms. The second-order valence-corrected chi connectivity index (χ2v) is 10.4. The number of nitrogens with two attached hydrogens (primary N) is 1. The number of ketones is 1. The van der Waals surface area contributed by atoms with Crippen molar-refractivity contribution in [3.63, 3.8) is 0 Å². The summed E-state index contributed by atoms with van der Waals surface area (Å²) in [6, 6.07) is 5.40. The Hall–Kier alpha value is -3.14. The van der Waals surface area contributed by atoms with Gasteiger partial charge < -0.3 is 15.9 Å². The first kappa shape index (κ1) is 26.9. The summed E-state index contributed by atoms with van der Waals surface area (Å²) in [4.78, 5) is 21.3. The van der Waals surface area contributed by atoms with E-state index in [0.717, 1.165) is 23.8 Å². The van der Waals surface area contributed by atoms with E-state index in [1.807, 2.05) is 13.0 Å². The van der Waals surface area contributed by atoms with Crippen LogP contribution in [0.2, 0.25) is 0 Å². The van der Waals surface area contributed by atoms with Gasteiger partial charge in [-0.25, -0.2) is 18.2 Å². The fourth-order valence-corrected chi connectivity index (χ4v) is 5.00. The predicted molar refractivity (Wildman–Crippen MR) is 132 cm³/mol. The van der Waals surface area contributed by atoms with Gasteiger partial charge in [-0.05, 0) is 85.5 Å². The van der Waals surface area contributed by atoms with Gasteiger partial charge >= 0.3 is 0 Å². The Labute approximate surface area is 213 Å². The number of Topliss-reactive ketones (excluding diaryl/α,β-unsaturated/α-hetero) is 1.